The number of carbonyl (C=O) groups is 4. The molecule has 0 spiro atoms. The molecule has 1 rings (SSSR count). The molecular formula is C15H22O10. The highest BCUT2D eigenvalue weighted by Crippen LogP contribution is 2.26. The van der Waals surface area contributed by atoms with Crippen LogP contribution in [-0.4, -0.2) is 68.3 Å². The van der Waals surface area contributed by atoms with Gasteiger partial charge in [-0.3, -0.25) is 19.2 Å². The van der Waals surface area contributed by atoms with Gasteiger partial charge in [-0.1, -0.05) is 0 Å². The van der Waals surface area contributed by atoms with Gasteiger partial charge in [0.25, 0.3) is 0 Å². The summed E-state index contributed by atoms with van der Waals surface area (Å²) in [4.78, 5) is 45.8. The summed E-state index contributed by atoms with van der Waals surface area (Å²) in [6.45, 7) is 4.34. The van der Waals surface area contributed by atoms with Crippen LogP contribution in [0.2, 0.25) is 0 Å². The van der Waals surface area contributed by atoms with E-state index in [-0.39, 0.29) is 6.61 Å². The SMILES string of the molecule is CO[C@@H]1OC[C@@H](OC(C)=O)[C@H](OC(C)=O)[C@H](OC(C)=O)[C@H]1OC(C)=O. The number of ether oxygens (including phenoxy) is 6. The second-order valence-electron chi connectivity index (χ2n) is 5.31. The van der Waals surface area contributed by atoms with Crippen LogP contribution >= 0.6 is 0 Å². The summed E-state index contributed by atoms with van der Waals surface area (Å²) in [6.07, 6.45) is -6.02. The molecule has 0 unspecified atom stereocenters. The molecular weight excluding hydrogens is 340 g/mol. The molecule has 10 nitrogen and oxygen atoms in total. The Labute approximate surface area is 144 Å². The van der Waals surface area contributed by atoms with Crippen molar-refractivity contribution in [3.63, 3.8) is 0 Å². The molecule has 0 aliphatic carbocycles. The molecule has 0 aromatic heterocycles. The molecule has 1 aliphatic heterocycles. The van der Waals surface area contributed by atoms with E-state index in [2.05, 4.69) is 0 Å². The Hall–Kier alpha value is -2.20. The van der Waals surface area contributed by atoms with E-state index in [1.165, 1.54) is 7.11 Å². The Morgan fingerprint density at radius 1 is 0.720 bits per heavy atom. The van der Waals surface area contributed by atoms with Gasteiger partial charge >= 0.3 is 23.9 Å². The maximum Gasteiger partial charge on any atom is 0.303 e. The Balaban J connectivity index is 3.31. The maximum absolute atomic E-state index is 11.5. The molecule has 0 N–H and O–H groups in total. The van der Waals surface area contributed by atoms with Gasteiger partial charge in [-0.15, -0.1) is 0 Å². The second kappa shape index (κ2) is 9.33. The minimum absolute atomic E-state index is 0.231. The monoisotopic (exact) mass is 362 g/mol. The number of rotatable bonds is 5. The Morgan fingerprint density at radius 2 is 1.16 bits per heavy atom. The molecule has 0 amide bonds. The Kier molecular flexibility index (Phi) is 7.78. The fourth-order valence-electron chi connectivity index (χ4n) is 2.42. The summed E-state index contributed by atoms with van der Waals surface area (Å²) in [5, 5.41) is 0. The first-order valence-corrected chi connectivity index (χ1v) is 7.49. The number of hydrogen-bond acceptors (Lipinski definition) is 10. The number of methoxy groups -OCH3 is 1. The average molecular weight is 362 g/mol. The summed E-state index contributed by atoms with van der Waals surface area (Å²) in [7, 11) is 1.29. The smallest absolute Gasteiger partial charge is 0.303 e. The molecule has 0 aromatic rings. The zero-order valence-electron chi connectivity index (χ0n) is 14.7. The van der Waals surface area contributed by atoms with Crippen LogP contribution in [-0.2, 0) is 47.6 Å². The molecule has 1 fully saturated rings. The van der Waals surface area contributed by atoms with Crippen LogP contribution < -0.4 is 0 Å². The second-order valence-corrected chi connectivity index (χ2v) is 5.31. The van der Waals surface area contributed by atoms with Gasteiger partial charge in [-0.05, 0) is 0 Å². The zero-order valence-corrected chi connectivity index (χ0v) is 14.7. The molecule has 0 bridgehead atoms. The minimum atomic E-state index is -1.30. The van der Waals surface area contributed by atoms with Crippen molar-refractivity contribution in [3.8, 4) is 0 Å². The van der Waals surface area contributed by atoms with Gasteiger partial charge in [-0.2, -0.15) is 0 Å². The van der Waals surface area contributed by atoms with E-state index in [0.717, 1.165) is 27.7 Å². The summed E-state index contributed by atoms with van der Waals surface area (Å²) >= 11 is 0. The van der Waals surface area contributed by atoms with Crippen LogP contribution in [0.25, 0.3) is 0 Å². The van der Waals surface area contributed by atoms with Crippen LogP contribution in [0.1, 0.15) is 27.7 Å². The van der Waals surface area contributed by atoms with Gasteiger partial charge in [-0.25, -0.2) is 0 Å². The molecule has 1 heterocycles. The number of hydrogen-bond donors (Lipinski definition) is 0. The van der Waals surface area contributed by atoms with Crippen LogP contribution in [0.15, 0.2) is 0 Å². The van der Waals surface area contributed by atoms with Crippen LogP contribution in [0.3, 0.4) is 0 Å². The van der Waals surface area contributed by atoms with Crippen LogP contribution in [0.4, 0.5) is 0 Å². The van der Waals surface area contributed by atoms with E-state index in [0.29, 0.717) is 0 Å². The lowest BCUT2D eigenvalue weighted by Gasteiger charge is -2.33. The van der Waals surface area contributed by atoms with Gasteiger partial charge in [0.15, 0.2) is 30.7 Å². The van der Waals surface area contributed by atoms with Gasteiger partial charge < -0.3 is 28.4 Å². The standard InChI is InChI=1S/C15H22O10/c1-7(16)22-11-6-21-15(20-5)14(25-10(4)19)13(24-9(3)18)12(11)23-8(2)17/h11-15H,6H2,1-5H3/t11-,12+,13+,14-,15-/m1/s1. The topological polar surface area (TPSA) is 124 Å². The summed E-state index contributed by atoms with van der Waals surface area (Å²) < 4.78 is 31.2. The molecule has 1 saturated heterocycles. The molecule has 1 aliphatic rings. The molecule has 25 heavy (non-hydrogen) atoms. The van der Waals surface area contributed by atoms with Crippen molar-refractivity contribution in [2.45, 2.75) is 58.4 Å². The van der Waals surface area contributed by atoms with Crippen molar-refractivity contribution in [2.24, 2.45) is 0 Å². The first-order valence-electron chi connectivity index (χ1n) is 7.49. The normalized spacial score (nSPS) is 29.1. The molecule has 142 valence electrons. The van der Waals surface area contributed by atoms with Gasteiger partial charge in [0, 0.05) is 34.8 Å². The highest BCUT2D eigenvalue weighted by atomic mass is 16.7. The molecule has 0 saturated carbocycles. The van der Waals surface area contributed by atoms with Gasteiger partial charge in [0.05, 0.1) is 6.61 Å². The third kappa shape index (κ3) is 6.31. The fraction of sp³-hybridized carbons (Fsp3) is 0.733. The molecule has 5 atom stereocenters. The Morgan fingerprint density at radius 3 is 1.60 bits per heavy atom. The van der Waals surface area contributed by atoms with Crippen molar-refractivity contribution < 1.29 is 47.6 Å². The predicted octanol–water partition coefficient (Wildman–Crippen LogP) is -0.284. The van der Waals surface area contributed by atoms with Crippen molar-refractivity contribution in [1.29, 1.82) is 0 Å². The summed E-state index contributed by atoms with van der Waals surface area (Å²) in [5.74, 6) is -2.79. The van der Waals surface area contributed by atoms with Crippen LogP contribution in [0.5, 0.6) is 0 Å². The lowest BCUT2D eigenvalue weighted by atomic mass is 10.0. The predicted molar refractivity (Wildman–Crippen MR) is 79.0 cm³/mol. The zero-order chi connectivity index (χ0) is 19.1. The third-order valence-electron chi connectivity index (χ3n) is 3.16. The summed E-state index contributed by atoms with van der Waals surface area (Å²) in [6, 6.07) is 0. The maximum atomic E-state index is 11.5. The highest BCUT2D eigenvalue weighted by Gasteiger charge is 2.50. The first-order chi connectivity index (χ1) is 11.6. The average Bonchev–Trinajstić information content (AvgIpc) is 2.58. The Bertz CT molecular complexity index is 516. The number of esters is 4. The van der Waals surface area contributed by atoms with Gasteiger partial charge in [0.2, 0.25) is 0 Å². The lowest BCUT2D eigenvalue weighted by Crippen LogP contribution is -2.53. The van der Waals surface area contributed by atoms with E-state index < -0.39 is 54.6 Å². The van der Waals surface area contributed by atoms with Crippen LogP contribution in [0, 0.1) is 0 Å². The van der Waals surface area contributed by atoms with E-state index in [9.17, 15) is 19.2 Å². The van der Waals surface area contributed by atoms with Crippen molar-refractivity contribution in [2.75, 3.05) is 13.7 Å². The van der Waals surface area contributed by atoms with E-state index in [1.807, 2.05) is 0 Å². The minimum Gasteiger partial charge on any atom is -0.456 e. The van der Waals surface area contributed by atoms with Gasteiger partial charge in [0.1, 0.15) is 0 Å². The first kappa shape index (κ1) is 20.8. The van der Waals surface area contributed by atoms with E-state index >= 15 is 0 Å². The van der Waals surface area contributed by atoms with Crippen molar-refractivity contribution >= 4 is 23.9 Å². The quantitative estimate of drug-likeness (QED) is 0.476. The van der Waals surface area contributed by atoms with Crippen molar-refractivity contribution in [1.82, 2.24) is 0 Å². The number of carbonyl (C=O) groups excluding carboxylic acids is 4. The molecule has 0 aromatic carbocycles. The highest BCUT2D eigenvalue weighted by molar-refractivity contribution is 5.69. The van der Waals surface area contributed by atoms with Crippen molar-refractivity contribution in [3.05, 3.63) is 0 Å². The third-order valence-corrected chi connectivity index (χ3v) is 3.16. The fourth-order valence-corrected chi connectivity index (χ4v) is 2.42. The largest absolute Gasteiger partial charge is 0.456 e. The van der Waals surface area contributed by atoms with E-state index in [4.69, 9.17) is 28.4 Å². The molecule has 10 heteroatoms. The molecule has 0 radical (unpaired) electrons. The lowest BCUT2D eigenvalue weighted by molar-refractivity contribution is -0.221. The van der Waals surface area contributed by atoms with E-state index in [1.54, 1.807) is 0 Å². The summed E-state index contributed by atoms with van der Waals surface area (Å²) in [5.41, 5.74) is 0.